The Labute approximate surface area is 297 Å². The molecule has 3 aliphatic heterocycles. The molecule has 3 fully saturated rings. The average molecular weight is 698 g/mol. The number of benzene rings is 2. The average Bonchev–Trinajstić information content (AvgIpc) is 3.90. The van der Waals surface area contributed by atoms with Crippen molar-refractivity contribution in [2.75, 3.05) is 19.6 Å². The van der Waals surface area contributed by atoms with E-state index in [-0.39, 0.29) is 37.0 Å². The fourth-order valence-electron chi connectivity index (χ4n) is 7.54. The minimum absolute atomic E-state index is 0.00809. The highest BCUT2D eigenvalue weighted by Crippen LogP contribution is 2.27. The van der Waals surface area contributed by atoms with Gasteiger partial charge < -0.3 is 36.1 Å². The summed E-state index contributed by atoms with van der Waals surface area (Å²) >= 11 is 0. The molecule has 13 nitrogen and oxygen atoms in total. The van der Waals surface area contributed by atoms with E-state index in [1.165, 1.54) is 9.80 Å². The van der Waals surface area contributed by atoms with Crippen LogP contribution in [0.2, 0.25) is 0 Å². The Morgan fingerprint density at radius 2 is 1.35 bits per heavy atom. The lowest BCUT2D eigenvalue weighted by Crippen LogP contribution is -2.60. The Morgan fingerprint density at radius 1 is 0.686 bits per heavy atom. The SMILES string of the molecule is CC(C)C[C@@H]1NC(=O)[C@H](Cc2c[nH]c3ccccc23)NC(=O)[C@@H]2CCCN2C(=O)[C@@H]2CCCN2C(=O)[C@H](Cc2ccccc2)NC(=O)CNC1=O. The molecule has 0 unspecified atom stereocenters. The first kappa shape index (κ1) is 35.6. The predicted octanol–water partition coefficient (Wildman–Crippen LogP) is 1.57. The van der Waals surface area contributed by atoms with Gasteiger partial charge in [0.15, 0.2) is 0 Å². The molecule has 13 heteroatoms. The van der Waals surface area contributed by atoms with E-state index in [1.807, 2.05) is 68.4 Å². The zero-order valence-electron chi connectivity index (χ0n) is 29.2. The van der Waals surface area contributed by atoms with Crippen LogP contribution in [0.15, 0.2) is 60.8 Å². The van der Waals surface area contributed by atoms with Gasteiger partial charge in [0.05, 0.1) is 6.54 Å². The number of hydrogen-bond donors (Lipinski definition) is 5. The van der Waals surface area contributed by atoms with Crippen molar-refractivity contribution >= 4 is 46.3 Å². The van der Waals surface area contributed by atoms with Gasteiger partial charge in [-0.05, 0) is 55.2 Å². The molecule has 3 saturated heterocycles. The topological polar surface area (TPSA) is 173 Å². The number of carbonyl (C=O) groups is 6. The largest absolute Gasteiger partial charge is 0.361 e. The molecule has 0 bridgehead atoms. The van der Waals surface area contributed by atoms with Crippen LogP contribution in [0, 0.1) is 5.92 Å². The Bertz CT molecular complexity index is 1770. The van der Waals surface area contributed by atoms with Crippen LogP contribution in [-0.4, -0.2) is 100 Å². The molecule has 0 radical (unpaired) electrons. The zero-order valence-corrected chi connectivity index (χ0v) is 29.2. The number of para-hydroxylation sites is 1. The first-order valence-corrected chi connectivity index (χ1v) is 18.0. The molecule has 6 amide bonds. The van der Waals surface area contributed by atoms with Crippen LogP contribution in [-0.2, 0) is 41.6 Å². The smallest absolute Gasteiger partial charge is 0.246 e. The zero-order chi connectivity index (χ0) is 36.1. The molecule has 1 aromatic heterocycles. The van der Waals surface area contributed by atoms with Gasteiger partial charge in [-0.25, -0.2) is 0 Å². The lowest BCUT2D eigenvalue weighted by atomic mass is 10.0. The van der Waals surface area contributed by atoms with Gasteiger partial charge in [-0.1, -0.05) is 62.4 Å². The standard InChI is InChI=1S/C38H47N7O6/c1-23(2)18-28-34(47)40-22-33(46)41-30(19-24-10-4-3-5-11-24)37(50)45-17-9-15-32(45)38(51)44-16-8-14-31(44)36(49)43-29(35(48)42-28)20-25-21-39-27-13-7-6-12-26(25)27/h3-7,10-13,21,23,28-32,39H,8-9,14-20,22H2,1-2H3,(H,40,47)(H,41,46)(H,42,48)(H,43,49)/t28-,29-,30-,31-,32-/m0/s1. The summed E-state index contributed by atoms with van der Waals surface area (Å²) in [5.41, 5.74) is 2.51. The second-order valence-electron chi connectivity index (χ2n) is 14.2. The third-order valence-corrected chi connectivity index (χ3v) is 10.1. The molecule has 0 spiro atoms. The molecule has 2 aromatic carbocycles. The first-order chi connectivity index (χ1) is 24.6. The van der Waals surface area contributed by atoms with Crippen LogP contribution in [0.4, 0.5) is 0 Å². The van der Waals surface area contributed by atoms with Crippen LogP contribution >= 0.6 is 0 Å². The van der Waals surface area contributed by atoms with Crippen molar-refractivity contribution in [3.05, 3.63) is 71.9 Å². The molecule has 0 saturated carbocycles. The molecule has 3 aromatic rings. The first-order valence-electron chi connectivity index (χ1n) is 18.0. The van der Waals surface area contributed by atoms with Crippen LogP contribution in [0.1, 0.15) is 57.1 Å². The van der Waals surface area contributed by atoms with Crippen molar-refractivity contribution in [3.8, 4) is 0 Å². The summed E-state index contributed by atoms with van der Waals surface area (Å²) in [6.07, 6.45) is 4.43. The van der Waals surface area contributed by atoms with Crippen LogP contribution < -0.4 is 21.3 Å². The minimum atomic E-state index is -1.07. The van der Waals surface area contributed by atoms with Crippen molar-refractivity contribution in [3.63, 3.8) is 0 Å². The number of hydrogen-bond acceptors (Lipinski definition) is 6. The second-order valence-corrected chi connectivity index (χ2v) is 14.2. The number of fused-ring (bicyclic) bond motifs is 3. The lowest BCUT2D eigenvalue weighted by molar-refractivity contribution is -0.148. The van der Waals surface area contributed by atoms with Gasteiger partial charge >= 0.3 is 0 Å². The van der Waals surface area contributed by atoms with E-state index in [9.17, 15) is 28.8 Å². The summed E-state index contributed by atoms with van der Waals surface area (Å²) in [4.78, 5) is 89.6. The summed E-state index contributed by atoms with van der Waals surface area (Å²) < 4.78 is 0. The molecule has 51 heavy (non-hydrogen) atoms. The number of aromatic amines is 1. The predicted molar refractivity (Wildman–Crippen MR) is 190 cm³/mol. The number of rotatable bonds is 6. The Hall–Kier alpha value is -5.20. The van der Waals surface area contributed by atoms with E-state index in [0.29, 0.717) is 38.8 Å². The van der Waals surface area contributed by atoms with Gasteiger partial charge in [0.1, 0.15) is 30.2 Å². The molecular formula is C38H47N7O6. The maximum absolute atomic E-state index is 14.2. The number of amides is 6. The van der Waals surface area contributed by atoms with Gasteiger partial charge in [-0.2, -0.15) is 0 Å². The molecule has 3 aliphatic rings. The number of carbonyl (C=O) groups excluding carboxylic acids is 6. The summed E-state index contributed by atoms with van der Waals surface area (Å²) in [6, 6.07) is 12.2. The molecule has 5 atom stereocenters. The Balaban J connectivity index is 1.33. The summed E-state index contributed by atoms with van der Waals surface area (Å²) in [5, 5.41) is 12.1. The van der Waals surface area contributed by atoms with Crippen LogP contribution in [0.25, 0.3) is 10.9 Å². The number of H-pyrrole nitrogens is 1. The van der Waals surface area contributed by atoms with Crippen molar-refractivity contribution < 1.29 is 28.8 Å². The van der Waals surface area contributed by atoms with Gasteiger partial charge in [0.2, 0.25) is 35.4 Å². The highest BCUT2D eigenvalue weighted by atomic mass is 16.2. The van der Waals surface area contributed by atoms with Crippen LogP contribution in [0.3, 0.4) is 0 Å². The third-order valence-electron chi connectivity index (χ3n) is 10.1. The van der Waals surface area contributed by atoms with Crippen molar-refractivity contribution in [2.24, 2.45) is 5.92 Å². The van der Waals surface area contributed by atoms with E-state index in [4.69, 9.17) is 0 Å². The third kappa shape index (κ3) is 8.24. The maximum atomic E-state index is 14.2. The molecule has 0 aliphatic carbocycles. The lowest BCUT2D eigenvalue weighted by Gasteiger charge is -2.33. The van der Waals surface area contributed by atoms with E-state index < -0.39 is 60.4 Å². The number of aromatic nitrogens is 1. The van der Waals surface area contributed by atoms with Gasteiger partial charge in [-0.15, -0.1) is 0 Å². The van der Waals surface area contributed by atoms with E-state index in [0.717, 1.165) is 22.0 Å². The highest BCUT2D eigenvalue weighted by Gasteiger charge is 2.44. The molecular weight excluding hydrogens is 650 g/mol. The maximum Gasteiger partial charge on any atom is 0.246 e. The van der Waals surface area contributed by atoms with Crippen molar-refractivity contribution in [1.82, 2.24) is 36.1 Å². The van der Waals surface area contributed by atoms with E-state index in [2.05, 4.69) is 26.3 Å². The molecule has 6 rings (SSSR count). The Kier molecular flexibility index (Phi) is 11.0. The summed E-state index contributed by atoms with van der Waals surface area (Å²) in [5.74, 6) is -2.83. The van der Waals surface area contributed by atoms with Gasteiger partial charge in [0, 0.05) is 43.0 Å². The summed E-state index contributed by atoms with van der Waals surface area (Å²) in [7, 11) is 0. The second kappa shape index (κ2) is 15.8. The molecule has 4 heterocycles. The normalized spacial score (nSPS) is 25.5. The van der Waals surface area contributed by atoms with Gasteiger partial charge in [-0.3, -0.25) is 28.8 Å². The quantitative estimate of drug-likeness (QED) is 0.262. The van der Waals surface area contributed by atoms with Crippen LogP contribution in [0.5, 0.6) is 0 Å². The molecule has 5 N–H and O–H groups in total. The van der Waals surface area contributed by atoms with Gasteiger partial charge in [0.25, 0.3) is 0 Å². The highest BCUT2D eigenvalue weighted by molar-refractivity contribution is 5.98. The molecule has 270 valence electrons. The monoisotopic (exact) mass is 697 g/mol. The fourth-order valence-corrected chi connectivity index (χ4v) is 7.54. The van der Waals surface area contributed by atoms with Crippen molar-refractivity contribution in [1.29, 1.82) is 0 Å². The number of nitrogens with zero attached hydrogens (tertiary/aromatic N) is 2. The van der Waals surface area contributed by atoms with E-state index in [1.54, 1.807) is 6.20 Å². The number of nitrogens with one attached hydrogen (secondary N) is 5. The Morgan fingerprint density at radius 3 is 2.10 bits per heavy atom. The van der Waals surface area contributed by atoms with E-state index >= 15 is 0 Å². The minimum Gasteiger partial charge on any atom is -0.361 e. The fraction of sp³-hybridized carbons (Fsp3) is 0.474. The summed E-state index contributed by atoms with van der Waals surface area (Å²) in [6.45, 7) is 4.09. The van der Waals surface area contributed by atoms with Crippen molar-refractivity contribution in [2.45, 2.75) is 89.0 Å².